The fraction of sp³-hybridized carbons (Fsp3) is 0.333. The molecule has 3 aromatic rings. The Morgan fingerprint density at radius 3 is 2.68 bits per heavy atom. The highest BCUT2D eigenvalue weighted by Crippen LogP contribution is 2.25. The van der Waals surface area contributed by atoms with E-state index in [1.807, 2.05) is 18.2 Å². The molecule has 13 heteroatoms. The van der Waals surface area contributed by atoms with Gasteiger partial charge in [-0.25, -0.2) is 9.78 Å². The summed E-state index contributed by atoms with van der Waals surface area (Å²) in [6, 6.07) is 9.57. The number of rotatable bonds is 3. The number of aliphatic carboxylic acids is 1. The second-order valence-corrected chi connectivity index (χ2v) is 8.44. The number of nitrogens with zero attached hydrogens (tertiary/aromatic N) is 4. The van der Waals surface area contributed by atoms with Gasteiger partial charge in [0, 0.05) is 25.3 Å². The highest BCUT2D eigenvalue weighted by molar-refractivity contribution is 9.10. The molecule has 0 spiro atoms. The van der Waals surface area contributed by atoms with Crippen LogP contribution in [0.4, 0.5) is 19.1 Å². The minimum atomic E-state index is -5.08. The van der Waals surface area contributed by atoms with Crippen molar-refractivity contribution in [3.05, 3.63) is 56.4 Å². The van der Waals surface area contributed by atoms with Gasteiger partial charge in [-0.2, -0.15) is 18.4 Å². The molecule has 0 radical (unpaired) electrons. The number of hydrogen-bond acceptors (Lipinski definition) is 6. The molecule has 1 aliphatic rings. The number of carboxylic acid groups (broad SMARTS) is 1. The molecule has 9 nitrogen and oxygen atoms in total. The number of piperidine rings is 1. The summed E-state index contributed by atoms with van der Waals surface area (Å²) in [4.78, 5) is 32.0. The summed E-state index contributed by atoms with van der Waals surface area (Å²) in [5.41, 5.74) is 8.39. The van der Waals surface area contributed by atoms with Crippen molar-refractivity contribution >= 4 is 38.9 Å². The van der Waals surface area contributed by atoms with E-state index in [0.717, 1.165) is 29.4 Å². The van der Waals surface area contributed by atoms with Crippen molar-refractivity contribution < 1.29 is 23.1 Å². The Hall–Kier alpha value is -3.37. The average Bonchev–Trinajstić information content (AvgIpc) is 3.16. The number of benzene rings is 1. The fourth-order valence-corrected chi connectivity index (χ4v) is 3.96. The fourth-order valence-electron chi connectivity index (χ4n) is 3.56. The van der Waals surface area contributed by atoms with Crippen molar-refractivity contribution in [3.8, 4) is 6.07 Å². The monoisotopic (exact) mass is 540 g/mol. The van der Waals surface area contributed by atoms with Crippen molar-refractivity contribution in [1.82, 2.24) is 14.5 Å². The van der Waals surface area contributed by atoms with Crippen LogP contribution in [-0.4, -0.2) is 50.9 Å². The van der Waals surface area contributed by atoms with E-state index in [4.69, 9.17) is 20.6 Å². The Bertz CT molecular complexity index is 1300. The van der Waals surface area contributed by atoms with Gasteiger partial charge >= 0.3 is 12.1 Å². The number of anilines is 1. The quantitative estimate of drug-likeness (QED) is 0.463. The summed E-state index contributed by atoms with van der Waals surface area (Å²) in [6.07, 6.45) is -1.44. The first-order valence-corrected chi connectivity index (χ1v) is 10.9. The van der Waals surface area contributed by atoms with Gasteiger partial charge in [-0.1, -0.05) is 18.2 Å². The van der Waals surface area contributed by atoms with Gasteiger partial charge in [-0.05, 0) is 40.4 Å². The molecule has 0 unspecified atom stereocenters. The van der Waals surface area contributed by atoms with Crippen molar-refractivity contribution in [2.75, 3.05) is 18.0 Å². The summed E-state index contributed by atoms with van der Waals surface area (Å²) in [5, 5.41) is 16.5. The Labute approximate surface area is 199 Å². The topological polar surface area (TPSA) is 141 Å². The maximum Gasteiger partial charge on any atom is 0.490 e. The lowest BCUT2D eigenvalue weighted by atomic mass is 10.1. The van der Waals surface area contributed by atoms with E-state index in [-0.39, 0.29) is 18.1 Å². The second-order valence-electron chi connectivity index (χ2n) is 7.58. The van der Waals surface area contributed by atoms with Crippen LogP contribution in [0.15, 0.2) is 39.7 Å². The molecule has 34 heavy (non-hydrogen) atoms. The van der Waals surface area contributed by atoms with Gasteiger partial charge in [0.25, 0.3) is 5.56 Å². The van der Waals surface area contributed by atoms with E-state index in [1.165, 1.54) is 0 Å². The van der Waals surface area contributed by atoms with Crippen LogP contribution in [0.1, 0.15) is 24.0 Å². The third-order valence-corrected chi connectivity index (χ3v) is 5.77. The lowest BCUT2D eigenvalue weighted by Crippen LogP contribution is -2.45. The zero-order valence-electron chi connectivity index (χ0n) is 17.6. The van der Waals surface area contributed by atoms with Gasteiger partial charge in [-0.3, -0.25) is 9.36 Å². The number of nitrogens with one attached hydrogen (secondary N) is 1. The maximum absolute atomic E-state index is 13.2. The van der Waals surface area contributed by atoms with Crippen LogP contribution in [0.3, 0.4) is 0 Å². The van der Waals surface area contributed by atoms with Crippen molar-refractivity contribution in [1.29, 1.82) is 5.26 Å². The summed E-state index contributed by atoms with van der Waals surface area (Å²) < 4.78 is 34.1. The van der Waals surface area contributed by atoms with Gasteiger partial charge in [0.15, 0.2) is 0 Å². The first-order chi connectivity index (χ1) is 16.0. The first-order valence-electron chi connectivity index (χ1n) is 10.1. The van der Waals surface area contributed by atoms with Crippen molar-refractivity contribution in [2.24, 2.45) is 5.73 Å². The molecule has 1 fully saturated rings. The van der Waals surface area contributed by atoms with Crippen molar-refractivity contribution in [2.45, 2.75) is 31.6 Å². The van der Waals surface area contributed by atoms with Gasteiger partial charge < -0.3 is 20.7 Å². The van der Waals surface area contributed by atoms with Crippen LogP contribution in [-0.2, 0) is 11.3 Å². The number of aromatic nitrogens is 3. The van der Waals surface area contributed by atoms with E-state index in [2.05, 4.69) is 31.9 Å². The van der Waals surface area contributed by atoms with E-state index in [0.29, 0.717) is 29.1 Å². The Balaban J connectivity index is 0.000000406. The van der Waals surface area contributed by atoms with Gasteiger partial charge in [0.2, 0.25) is 5.95 Å². The summed E-state index contributed by atoms with van der Waals surface area (Å²) in [7, 11) is 0. The third-order valence-electron chi connectivity index (χ3n) is 5.17. The lowest BCUT2D eigenvalue weighted by molar-refractivity contribution is -0.192. The number of hydrogen-bond donors (Lipinski definition) is 3. The number of halogens is 4. The van der Waals surface area contributed by atoms with Crippen LogP contribution in [0.2, 0.25) is 0 Å². The van der Waals surface area contributed by atoms with Crippen LogP contribution in [0.5, 0.6) is 0 Å². The van der Waals surface area contributed by atoms with Crippen molar-refractivity contribution in [3.63, 3.8) is 0 Å². The normalized spacial score (nSPS) is 16.0. The predicted molar refractivity (Wildman–Crippen MR) is 121 cm³/mol. The molecule has 3 heterocycles. The third kappa shape index (κ3) is 5.57. The maximum atomic E-state index is 13.2. The molecule has 2 aromatic heterocycles. The lowest BCUT2D eigenvalue weighted by Gasteiger charge is -2.33. The number of nitriles is 1. The molecule has 1 aromatic carbocycles. The molecule has 0 bridgehead atoms. The Morgan fingerprint density at radius 1 is 1.38 bits per heavy atom. The summed E-state index contributed by atoms with van der Waals surface area (Å²) >= 11 is 3.46. The zero-order valence-corrected chi connectivity index (χ0v) is 19.2. The molecule has 4 N–H and O–H groups in total. The van der Waals surface area contributed by atoms with Crippen LogP contribution < -0.4 is 16.2 Å². The van der Waals surface area contributed by atoms with E-state index < -0.39 is 12.1 Å². The number of nitrogens with two attached hydrogens (primary N) is 1. The van der Waals surface area contributed by atoms with Gasteiger partial charge in [-0.15, -0.1) is 0 Å². The van der Waals surface area contributed by atoms with Gasteiger partial charge in [0.05, 0.1) is 22.7 Å². The van der Waals surface area contributed by atoms with E-state index in [1.54, 1.807) is 16.8 Å². The molecule has 4 rings (SSSR count). The number of fused-ring (bicyclic) bond motifs is 1. The molecule has 180 valence electrons. The standard InChI is InChI=1S/C19H19BrN6O.C2HF3O2/c20-15-9-23-17-16(15)24-19(25-7-3-6-14(22)11-25)26(18(17)27)10-13-5-2-1-4-12(13)8-21;3-2(4,5)1(6)7/h1-2,4-5,9,14,23H,3,6-7,10-11,22H2;(H,6,7)/t14-;/m1./s1. The largest absolute Gasteiger partial charge is 0.490 e. The molecule has 0 amide bonds. The molecule has 1 atom stereocenters. The molecule has 1 aliphatic heterocycles. The number of aromatic amines is 1. The molecular formula is C21H20BrF3N6O3. The highest BCUT2D eigenvalue weighted by Gasteiger charge is 2.38. The molecule has 1 saturated heterocycles. The zero-order chi connectivity index (χ0) is 25.0. The van der Waals surface area contributed by atoms with Crippen LogP contribution in [0, 0.1) is 11.3 Å². The van der Waals surface area contributed by atoms with Crippen LogP contribution in [0.25, 0.3) is 11.0 Å². The molecule has 0 aliphatic carbocycles. The first kappa shape index (κ1) is 25.3. The Kier molecular flexibility index (Phi) is 7.63. The second kappa shape index (κ2) is 10.3. The molecular weight excluding hydrogens is 521 g/mol. The minimum Gasteiger partial charge on any atom is -0.475 e. The highest BCUT2D eigenvalue weighted by atomic mass is 79.9. The van der Waals surface area contributed by atoms with Crippen LogP contribution >= 0.6 is 15.9 Å². The SMILES string of the molecule is N#Cc1ccccc1Cn1c(N2CCC[C@@H](N)C2)nc2c(Br)c[nH]c2c1=O.O=C(O)C(F)(F)F. The van der Waals surface area contributed by atoms with Gasteiger partial charge in [0.1, 0.15) is 11.0 Å². The van der Waals surface area contributed by atoms with E-state index >= 15 is 0 Å². The average molecular weight is 541 g/mol. The summed E-state index contributed by atoms with van der Waals surface area (Å²) in [6.45, 7) is 1.73. The smallest absolute Gasteiger partial charge is 0.475 e. The number of H-pyrrole nitrogens is 1. The van der Waals surface area contributed by atoms with E-state index in [9.17, 15) is 23.2 Å². The predicted octanol–water partition coefficient (Wildman–Crippen LogP) is 2.97. The number of alkyl halides is 3. The number of carbonyl (C=O) groups is 1. The molecule has 0 saturated carbocycles. The number of carboxylic acids is 1. The summed E-state index contributed by atoms with van der Waals surface area (Å²) in [5.74, 6) is -2.16. The Morgan fingerprint density at radius 2 is 2.06 bits per heavy atom. The minimum absolute atomic E-state index is 0.0564.